The summed E-state index contributed by atoms with van der Waals surface area (Å²) < 4.78 is 34.4. The molecule has 0 bridgehead atoms. The van der Waals surface area contributed by atoms with Gasteiger partial charge in [-0.2, -0.15) is 8.78 Å². The molecule has 2 aromatic carbocycles. The number of benzene rings is 2. The fourth-order valence-corrected chi connectivity index (χ4v) is 2.91. The maximum absolute atomic E-state index is 12.4. The average Bonchev–Trinajstić information content (AvgIpc) is 2.75. The zero-order chi connectivity index (χ0) is 22.2. The average molecular weight is 448 g/mol. The van der Waals surface area contributed by atoms with E-state index in [-0.39, 0.29) is 24.9 Å². The van der Waals surface area contributed by atoms with E-state index < -0.39 is 6.61 Å². The second-order valence-corrected chi connectivity index (χ2v) is 6.97. The van der Waals surface area contributed by atoms with Crippen LogP contribution >= 0.6 is 11.6 Å². The first-order valence-electron chi connectivity index (χ1n) is 9.29. The minimum absolute atomic E-state index is 0.0610. The summed E-state index contributed by atoms with van der Waals surface area (Å²) >= 11 is 6.26. The molecule has 0 aliphatic carbocycles. The van der Waals surface area contributed by atoms with Crippen LogP contribution in [-0.4, -0.2) is 29.6 Å². The summed E-state index contributed by atoms with van der Waals surface area (Å²) in [7, 11) is 1.62. The third-order valence-corrected chi connectivity index (χ3v) is 4.50. The summed E-state index contributed by atoms with van der Waals surface area (Å²) in [6, 6.07) is 16.2. The quantitative estimate of drug-likeness (QED) is 0.489. The first-order valence-corrected chi connectivity index (χ1v) is 9.66. The summed E-state index contributed by atoms with van der Waals surface area (Å²) in [5.74, 6) is 0.538. The summed E-state index contributed by atoms with van der Waals surface area (Å²) in [4.78, 5) is 18.1. The number of nitrogens with one attached hydrogen (secondary N) is 1. The molecule has 2 amide bonds. The molecule has 0 saturated carbocycles. The zero-order valence-electron chi connectivity index (χ0n) is 16.6. The van der Waals surface area contributed by atoms with Gasteiger partial charge in [0, 0.05) is 25.5 Å². The van der Waals surface area contributed by atoms with Crippen LogP contribution in [0.25, 0.3) is 0 Å². The van der Waals surface area contributed by atoms with Gasteiger partial charge in [0.15, 0.2) is 0 Å². The van der Waals surface area contributed by atoms with E-state index in [2.05, 4.69) is 15.0 Å². The Morgan fingerprint density at radius 1 is 1.16 bits per heavy atom. The Balaban J connectivity index is 1.53. The molecule has 6 nitrogen and oxygen atoms in total. The largest absolute Gasteiger partial charge is 0.486 e. The predicted molar refractivity (Wildman–Crippen MR) is 114 cm³/mol. The van der Waals surface area contributed by atoms with Crippen molar-refractivity contribution < 1.29 is 23.0 Å². The highest BCUT2D eigenvalue weighted by Gasteiger charge is 2.12. The molecule has 0 spiro atoms. The van der Waals surface area contributed by atoms with Crippen molar-refractivity contribution in [3.8, 4) is 11.5 Å². The van der Waals surface area contributed by atoms with E-state index in [1.807, 2.05) is 18.2 Å². The fourth-order valence-electron chi connectivity index (χ4n) is 2.67. The second-order valence-electron chi connectivity index (χ2n) is 6.56. The molecule has 0 atom stereocenters. The molecule has 3 rings (SSSR count). The van der Waals surface area contributed by atoms with Crippen LogP contribution in [0.5, 0.6) is 11.5 Å². The number of alkyl halides is 2. The molecule has 0 saturated heterocycles. The number of anilines is 1. The van der Waals surface area contributed by atoms with E-state index in [1.54, 1.807) is 43.6 Å². The van der Waals surface area contributed by atoms with Gasteiger partial charge in [-0.3, -0.25) is 4.98 Å². The predicted octanol–water partition coefficient (Wildman–Crippen LogP) is 5.58. The lowest BCUT2D eigenvalue weighted by atomic mass is 10.2. The Hall–Kier alpha value is -3.39. The number of hydrogen-bond donors (Lipinski definition) is 1. The molecule has 31 heavy (non-hydrogen) atoms. The third-order valence-electron chi connectivity index (χ3n) is 4.20. The molecular formula is C22H20ClF2N3O3. The number of hydrogen-bond acceptors (Lipinski definition) is 4. The lowest BCUT2D eigenvalue weighted by Gasteiger charge is -2.19. The number of amides is 2. The third kappa shape index (κ3) is 6.82. The zero-order valence-corrected chi connectivity index (χ0v) is 17.4. The van der Waals surface area contributed by atoms with E-state index in [1.165, 1.54) is 17.0 Å². The van der Waals surface area contributed by atoms with Gasteiger partial charge in [-0.1, -0.05) is 29.8 Å². The molecule has 3 aromatic rings. The number of carbonyl (C=O) groups is 1. The maximum atomic E-state index is 12.4. The van der Waals surface area contributed by atoms with Crippen LogP contribution in [0.4, 0.5) is 19.3 Å². The number of nitrogens with zero attached hydrogens (tertiary/aromatic N) is 2. The van der Waals surface area contributed by atoms with Gasteiger partial charge in [-0.15, -0.1) is 0 Å². The highest BCUT2D eigenvalue weighted by molar-refractivity contribution is 6.32. The van der Waals surface area contributed by atoms with E-state index in [9.17, 15) is 13.6 Å². The monoisotopic (exact) mass is 447 g/mol. The van der Waals surface area contributed by atoms with E-state index in [0.29, 0.717) is 16.5 Å². The van der Waals surface area contributed by atoms with Gasteiger partial charge < -0.3 is 19.7 Å². The lowest BCUT2D eigenvalue weighted by molar-refractivity contribution is -0.0498. The maximum Gasteiger partial charge on any atom is 0.387 e. The van der Waals surface area contributed by atoms with Gasteiger partial charge in [0.1, 0.15) is 18.1 Å². The Labute approximate surface area is 183 Å². The topological polar surface area (TPSA) is 63.7 Å². The van der Waals surface area contributed by atoms with Crippen LogP contribution in [0.3, 0.4) is 0 Å². The van der Waals surface area contributed by atoms with Crippen molar-refractivity contribution >= 4 is 23.3 Å². The number of rotatable bonds is 8. The van der Waals surface area contributed by atoms with Gasteiger partial charge in [0.2, 0.25) is 0 Å². The molecule has 0 radical (unpaired) electrons. The summed E-state index contributed by atoms with van der Waals surface area (Å²) in [6.07, 6.45) is 1.68. The summed E-state index contributed by atoms with van der Waals surface area (Å²) in [5.41, 5.74) is 2.04. The van der Waals surface area contributed by atoms with E-state index >= 15 is 0 Å². The molecular weight excluding hydrogens is 428 g/mol. The molecule has 0 fully saturated rings. The van der Waals surface area contributed by atoms with Crippen LogP contribution in [0.2, 0.25) is 5.02 Å². The van der Waals surface area contributed by atoms with Gasteiger partial charge in [0.25, 0.3) is 0 Å². The number of ether oxygens (including phenoxy) is 2. The standard InChI is InChI=1S/C22H20ClF2N3O3/c1-28(13-15-5-8-18(9-6-15)31-21(24)25)22(29)27-16-7-10-20(19(23)12-16)30-14-17-4-2-3-11-26-17/h2-12,21H,13-14H2,1H3,(H,27,29). The number of carbonyl (C=O) groups excluding carboxylic acids is 1. The number of pyridine rings is 1. The lowest BCUT2D eigenvalue weighted by Crippen LogP contribution is -2.30. The van der Waals surface area contributed by atoms with Gasteiger partial charge >= 0.3 is 12.6 Å². The number of aromatic nitrogens is 1. The van der Waals surface area contributed by atoms with Crippen LogP contribution in [0, 0.1) is 0 Å². The van der Waals surface area contributed by atoms with Crippen molar-refractivity contribution in [2.45, 2.75) is 19.8 Å². The highest BCUT2D eigenvalue weighted by Crippen LogP contribution is 2.28. The Morgan fingerprint density at radius 2 is 1.94 bits per heavy atom. The minimum Gasteiger partial charge on any atom is -0.486 e. The van der Waals surface area contributed by atoms with E-state index in [4.69, 9.17) is 16.3 Å². The highest BCUT2D eigenvalue weighted by atomic mass is 35.5. The Bertz CT molecular complexity index is 1000. The van der Waals surface area contributed by atoms with Crippen LogP contribution in [0.1, 0.15) is 11.3 Å². The van der Waals surface area contributed by atoms with Crippen LogP contribution in [-0.2, 0) is 13.2 Å². The van der Waals surface area contributed by atoms with Crippen molar-refractivity contribution in [3.05, 3.63) is 83.1 Å². The number of halogens is 3. The summed E-state index contributed by atoms with van der Waals surface area (Å²) in [5, 5.41) is 3.10. The van der Waals surface area contributed by atoms with Crippen molar-refractivity contribution in [3.63, 3.8) is 0 Å². The molecule has 0 aliphatic rings. The number of urea groups is 1. The molecule has 1 aromatic heterocycles. The molecule has 9 heteroatoms. The van der Waals surface area contributed by atoms with Crippen molar-refractivity contribution in [1.29, 1.82) is 0 Å². The molecule has 0 unspecified atom stereocenters. The SMILES string of the molecule is CN(Cc1ccc(OC(F)F)cc1)C(=O)Nc1ccc(OCc2ccccn2)c(Cl)c1. The van der Waals surface area contributed by atoms with Gasteiger partial charge in [0.05, 0.1) is 10.7 Å². The molecule has 1 N–H and O–H groups in total. The fraction of sp³-hybridized carbons (Fsp3) is 0.182. The van der Waals surface area contributed by atoms with Gasteiger partial charge in [-0.05, 0) is 48.0 Å². The first-order chi connectivity index (χ1) is 14.9. The first kappa shape index (κ1) is 22.3. The summed E-state index contributed by atoms with van der Waals surface area (Å²) in [6.45, 7) is -2.33. The molecule has 162 valence electrons. The van der Waals surface area contributed by atoms with Crippen molar-refractivity contribution in [2.24, 2.45) is 0 Å². The normalized spacial score (nSPS) is 10.6. The second kappa shape index (κ2) is 10.6. The van der Waals surface area contributed by atoms with E-state index in [0.717, 1.165) is 11.3 Å². The minimum atomic E-state index is -2.88. The van der Waals surface area contributed by atoms with Crippen molar-refractivity contribution in [2.75, 3.05) is 12.4 Å². The van der Waals surface area contributed by atoms with Gasteiger partial charge in [-0.25, -0.2) is 4.79 Å². The molecule has 0 aliphatic heterocycles. The van der Waals surface area contributed by atoms with Crippen molar-refractivity contribution in [1.82, 2.24) is 9.88 Å². The Morgan fingerprint density at radius 3 is 2.58 bits per heavy atom. The molecule has 1 heterocycles. The van der Waals surface area contributed by atoms with Crippen LogP contribution < -0.4 is 14.8 Å². The smallest absolute Gasteiger partial charge is 0.387 e. The van der Waals surface area contributed by atoms with Crippen LogP contribution in [0.15, 0.2) is 66.9 Å². The Kier molecular flexibility index (Phi) is 7.61.